The standard InChI is InChI=1S/C20H22FN3O3/c21-15-6-3-7-16(11-15)27-13-19(25)23-17-8-2-1-5-14(17)12-24-10-4-9-18(24)20(22)26/h1-3,5-8,11,18H,4,9-10,12-13H2,(H2,22,26)(H,23,25)/t18-/m1/s1. The van der Waals surface area contributed by atoms with E-state index in [9.17, 15) is 14.0 Å². The van der Waals surface area contributed by atoms with Crippen LogP contribution in [0.15, 0.2) is 48.5 Å². The van der Waals surface area contributed by atoms with E-state index in [1.807, 2.05) is 23.1 Å². The number of likely N-dealkylation sites (tertiary alicyclic amines) is 1. The van der Waals surface area contributed by atoms with Crippen LogP contribution in [0.25, 0.3) is 0 Å². The molecule has 1 fully saturated rings. The van der Waals surface area contributed by atoms with E-state index < -0.39 is 5.82 Å². The van der Waals surface area contributed by atoms with Crippen LogP contribution in [0.2, 0.25) is 0 Å². The molecule has 142 valence electrons. The third kappa shape index (κ3) is 5.04. The molecule has 0 aliphatic carbocycles. The van der Waals surface area contributed by atoms with E-state index in [0.717, 1.165) is 24.9 Å². The van der Waals surface area contributed by atoms with Gasteiger partial charge in [0.05, 0.1) is 6.04 Å². The van der Waals surface area contributed by atoms with Crippen molar-refractivity contribution in [3.05, 3.63) is 59.9 Å². The highest BCUT2D eigenvalue weighted by Gasteiger charge is 2.29. The zero-order chi connectivity index (χ0) is 19.2. The minimum atomic E-state index is -0.423. The molecule has 1 saturated heterocycles. The summed E-state index contributed by atoms with van der Waals surface area (Å²) in [6.45, 7) is 1.08. The zero-order valence-electron chi connectivity index (χ0n) is 14.9. The molecule has 1 aliphatic rings. The second-order valence-corrected chi connectivity index (χ2v) is 6.48. The summed E-state index contributed by atoms with van der Waals surface area (Å²) in [6.07, 6.45) is 1.68. The Morgan fingerprint density at radius 3 is 2.81 bits per heavy atom. The molecule has 2 aromatic carbocycles. The molecule has 0 unspecified atom stereocenters. The highest BCUT2D eigenvalue weighted by molar-refractivity contribution is 5.92. The van der Waals surface area contributed by atoms with Crippen LogP contribution in [0.3, 0.4) is 0 Å². The van der Waals surface area contributed by atoms with Crippen molar-refractivity contribution in [2.24, 2.45) is 5.73 Å². The summed E-state index contributed by atoms with van der Waals surface area (Å²) in [5.74, 6) is -0.801. The molecule has 0 spiro atoms. The van der Waals surface area contributed by atoms with Gasteiger partial charge in [-0.25, -0.2) is 4.39 Å². The number of primary amides is 1. The van der Waals surface area contributed by atoms with Gasteiger partial charge in [-0.3, -0.25) is 14.5 Å². The van der Waals surface area contributed by atoms with Crippen molar-refractivity contribution in [2.75, 3.05) is 18.5 Å². The second-order valence-electron chi connectivity index (χ2n) is 6.48. The fourth-order valence-corrected chi connectivity index (χ4v) is 3.23. The summed E-state index contributed by atoms with van der Waals surface area (Å²) in [6, 6.07) is 12.8. The van der Waals surface area contributed by atoms with Crippen molar-refractivity contribution in [2.45, 2.75) is 25.4 Å². The fraction of sp³-hybridized carbons (Fsp3) is 0.300. The predicted octanol–water partition coefficient (Wildman–Crippen LogP) is 2.29. The first-order valence-corrected chi connectivity index (χ1v) is 8.82. The number of ether oxygens (including phenoxy) is 1. The molecule has 27 heavy (non-hydrogen) atoms. The second kappa shape index (κ2) is 8.64. The van der Waals surface area contributed by atoms with Crippen molar-refractivity contribution in [3.63, 3.8) is 0 Å². The summed E-state index contributed by atoms with van der Waals surface area (Å²) in [7, 11) is 0. The van der Waals surface area contributed by atoms with Gasteiger partial charge in [-0.1, -0.05) is 24.3 Å². The Kier molecular flexibility index (Phi) is 6.03. The van der Waals surface area contributed by atoms with Crippen LogP contribution in [0, 0.1) is 5.82 Å². The Morgan fingerprint density at radius 2 is 2.04 bits per heavy atom. The quantitative estimate of drug-likeness (QED) is 0.782. The number of nitrogens with two attached hydrogens (primary N) is 1. The number of halogens is 1. The van der Waals surface area contributed by atoms with Crippen LogP contribution in [0.5, 0.6) is 5.75 Å². The Hall–Kier alpha value is -2.93. The first-order chi connectivity index (χ1) is 13.0. The van der Waals surface area contributed by atoms with Gasteiger partial charge in [0.25, 0.3) is 5.91 Å². The monoisotopic (exact) mass is 371 g/mol. The van der Waals surface area contributed by atoms with Gasteiger partial charge >= 0.3 is 0 Å². The summed E-state index contributed by atoms with van der Waals surface area (Å²) in [5.41, 5.74) is 7.02. The molecule has 2 amide bonds. The number of hydrogen-bond donors (Lipinski definition) is 2. The van der Waals surface area contributed by atoms with Crippen LogP contribution in [0.1, 0.15) is 18.4 Å². The SMILES string of the molecule is NC(=O)[C@H]1CCCN1Cc1ccccc1NC(=O)COc1cccc(F)c1. The molecule has 2 aromatic rings. The van der Waals surface area contributed by atoms with Crippen LogP contribution >= 0.6 is 0 Å². The molecule has 1 aliphatic heterocycles. The number of anilines is 1. The van der Waals surface area contributed by atoms with Crippen LogP contribution < -0.4 is 15.8 Å². The van der Waals surface area contributed by atoms with E-state index in [1.54, 1.807) is 12.1 Å². The van der Waals surface area contributed by atoms with Crippen LogP contribution in [-0.4, -0.2) is 35.9 Å². The summed E-state index contributed by atoms with van der Waals surface area (Å²) < 4.78 is 18.5. The summed E-state index contributed by atoms with van der Waals surface area (Å²) in [4.78, 5) is 25.8. The average molecular weight is 371 g/mol. The van der Waals surface area contributed by atoms with Crippen molar-refractivity contribution in [3.8, 4) is 5.75 Å². The number of amides is 2. The highest BCUT2D eigenvalue weighted by Crippen LogP contribution is 2.23. The first kappa shape index (κ1) is 18.8. The number of rotatable bonds is 7. The minimum absolute atomic E-state index is 0.231. The number of nitrogens with zero attached hydrogens (tertiary/aromatic N) is 1. The molecule has 1 atom stereocenters. The minimum Gasteiger partial charge on any atom is -0.484 e. The van der Waals surface area contributed by atoms with Crippen molar-refractivity contribution in [1.82, 2.24) is 4.90 Å². The highest BCUT2D eigenvalue weighted by atomic mass is 19.1. The maximum absolute atomic E-state index is 13.2. The molecule has 6 nitrogen and oxygen atoms in total. The number of carbonyl (C=O) groups is 2. The van der Waals surface area contributed by atoms with Gasteiger partial charge < -0.3 is 15.8 Å². The number of benzene rings is 2. The molecular weight excluding hydrogens is 349 g/mol. The van der Waals surface area contributed by atoms with Gasteiger partial charge in [0.15, 0.2) is 6.61 Å². The van der Waals surface area contributed by atoms with Gasteiger partial charge in [0.1, 0.15) is 11.6 Å². The lowest BCUT2D eigenvalue weighted by atomic mass is 10.1. The molecular formula is C20H22FN3O3. The van der Waals surface area contributed by atoms with E-state index in [1.165, 1.54) is 18.2 Å². The van der Waals surface area contributed by atoms with E-state index in [2.05, 4.69) is 5.32 Å². The summed E-state index contributed by atoms with van der Waals surface area (Å²) >= 11 is 0. The van der Waals surface area contributed by atoms with Gasteiger partial charge in [0.2, 0.25) is 5.91 Å². The van der Waals surface area contributed by atoms with Gasteiger partial charge in [-0.2, -0.15) is 0 Å². The van der Waals surface area contributed by atoms with Gasteiger partial charge in [-0.05, 0) is 43.1 Å². The number of nitrogens with one attached hydrogen (secondary N) is 1. The number of hydrogen-bond acceptors (Lipinski definition) is 4. The Labute approximate surface area is 157 Å². The topological polar surface area (TPSA) is 84.7 Å². The lowest BCUT2D eigenvalue weighted by Gasteiger charge is -2.23. The average Bonchev–Trinajstić information content (AvgIpc) is 3.10. The molecule has 0 radical (unpaired) electrons. The fourth-order valence-electron chi connectivity index (χ4n) is 3.23. The molecule has 0 saturated carbocycles. The number of carbonyl (C=O) groups excluding carboxylic acids is 2. The molecule has 0 aromatic heterocycles. The van der Waals surface area contributed by atoms with E-state index >= 15 is 0 Å². The van der Waals surface area contributed by atoms with Gasteiger partial charge in [0, 0.05) is 18.3 Å². The summed E-state index contributed by atoms with van der Waals surface area (Å²) in [5, 5.41) is 2.81. The molecule has 7 heteroatoms. The van der Waals surface area contributed by atoms with Crippen molar-refractivity contribution >= 4 is 17.5 Å². The van der Waals surface area contributed by atoms with E-state index in [-0.39, 0.29) is 24.5 Å². The Morgan fingerprint density at radius 1 is 1.22 bits per heavy atom. The largest absolute Gasteiger partial charge is 0.484 e. The van der Waals surface area contributed by atoms with Crippen LogP contribution in [0.4, 0.5) is 10.1 Å². The molecule has 3 rings (SSSR count). The Bertz CT molecular complexity index is 828. The third-order valence-corrected chi connectivity index (χ3v) is 4.52. The van der Waals surface area contributed by atoms with Crippen molar-refractivity contribution in [1.29, 1.82) is 0 Å². The van der Waals surface area contributed by atoms with Crippen molar-refractivity contribution < 1.29 is 18.7 Å². The third-order valence-electron chi connectivity index (χ3n) is 4.52. The predicted molar refractivity (Wildman–Crippen MR) is 99.6 cm³/mol. The normalized spacial score (nSPS) is 16.9. The molecule has 1 heterocycles. The lowest BCUT2D eigenvalue weighted by molar-refractivity contribution is -0.122. The van der Waals surface area contributed by atoms with E-state index in [0.29, 0.717) is 18.0 Å². The number of para-hydroxylation sites is 1. The van der Waals surface area contributed by atoms with E-state index in [4.69, 9.17) is 10.5 Å². The Balaban J connectivity index is 1.61. The first-order valence-electron chi connectivity index (χ1n) is 8.82. The maximum atomic E-state index is 13.2. The zero-order valence-corrected chi connectivity index (χ0v) is 14.9. The maximum Gasteiger partial charge on any atom is 0.262 e. The lowest BCUT2D eigenvalue weighted by Crippen LogP contribution is -2.39. The smallest absolute Gasteiger partial charge is 0.262 e. The van der Waals surface area contributed by atoms with Gasteiger partial charge in [-0.15, -0.1) is 0 Å². The molecule has 0 bridgehead atoms. The van der Waals surface area contributed by atoms with Crippen LogP contribution in [-0.2, 0) is 16.1 Å². The molecule has 3 N–H and O–H groups in total.